The molecule has 1 fully saturated rings. The fraction of sp³-hybridized carbons (Fsp3) is 1.00. The predicted octanol–water partition coefficient (Wildman–Crippen LogP) is 1.47. The van der Waals surface area contributed by atoms with Crippen LogP contribution in [-0.4, -0.2) is 48.8 Å². The molecule has 2 unspecified atom stereocenters. The summed E-state index contributed by atoms with van der Waals surface area (Å²) >= 11 is 0. The molecule has 2 N–H and O–H groups in total. The van der Waals surface area contributed by atoms with E-state index in [0.29, 0.717) is 12.6 Å². The Labute approximate surface area is 100 Å². The standard InChI is InChI=1S/C13H28N2O/c1-3-12-6-5-8-15(10-12)11-13(7-9-16)14-4-2/h12-14,16H,3-11H2,1-2H3. The zero-order valence-corrected chi connectivity index (χ0v) is 10.9. The molecule has 1 rings (SSSR count). The second-order valence-electron chi connectivity index (χ2n) is 4.94. The van der Waals surface area contributed by atoms with Crippen LogP contribution in [0.1, 0.15) is 39.5 Å². The summed E-state index contributed by atoms with van der Waals surface area (Å²) in [7, 11) is 0. The molecule has 0 bridgehead atoms. The SMILES string of the molecule is CCNC(CCO)CN1CCCC(CC)C1. The van der Waals surface area contributed by atoms with Crippen molar-refractivity contribution in [3.05, 3.63) is 0 Å². The van der Waals surface area contributed by atoms with Crippen LogP contribution in [0.25, 0.3) is 0 Å². The molecule has 2 atom stereocenters. The van der Waals surface area contributed by atoms with Crippen molar-refractivity contribution < 1.29 is 5.11 Å². The highest BCUT2D eigenvalue weighted by molar-refractivity contribution is 4.77. The van der Waals surface area contributed by atoms with E-state index in [-0.39, 0.29) is 0 Å². The maximum Gasteiger partial charge on any atom is 0.0446 e. The second-order valence-corrected chi connectivity index (χ2v) is 4.94. The van der Waals surface area contributed by atoms with E-state index in [4.69, 9.17) is 5.11 Å². The summed E-state index contributed by atoms with van der Waals surface area (Å²) in [6, 6.07) is 0.464. The average Bonchev–Trinajstić information content (AvgIpc) is 2.30. The Morgan fingerprint density at radius 2 is 2.25 bits per heavy atom. The summed E-state index contributed by atoms with van der Waals surface area (Å²) in [5.74, 6) is 0.894. The van der Waals surface area contributed by atoms with Crippen molar-refractivity contribution in [2.24, 2.45) is 5.92 Å². The van der Waals surface area contributed by atoms with Gasteiger partial charge in [-0.15, -0.1) is 0 Å². The lowest BCUT2D eigenvalue weighted by Gasteiger charge is -2.34. The molecule has 3 heteroatoms. The average molecular weight is 228 g/mol. The highest BCUT2D eigenvalue weighted by Gasteiger charge is 2.20. The van der Waals surface area contributed by atoms with Gasteiger partial charge in [0.05, 0.1) is 0 Å². The Bertz CT molecular complexity index is 169. The minimum atomic E-state index is 0.294. The number of rotatable bonds is 7. The highest BCUT2D eigenvalue weighted by Crippen LogP contribution is 2.19. The first-order valence-corrected chi connectivity index (χ1v) is 6.86. The Balaban J connectivity index is 2.31. The van der Waals surface area contributed by atoms with E-state index < -0.39 is 0 Å². The largest absolute Gasteiger partial charge is 0.396 e. The topological polar surface area (TPSA) is 35.5 Å². The lowest BCUT2D eigenvalue weighted by molar-refractivity contribution is 0.147. The van der Waals surface area contributed by atoms with E-state index in [2.05, 4.69) is 24.1 Å². The number of aliphatic hydroxyl groups excluding tert-OH is 1. The molecule has 96 valence electrons. The summed E-state index contributed by atoms with van der Waals surface area (Å²) < 4.78 is 0. The van der Waals surface area contributed by atoms with Gasteiger partial charge in [-0.25, -0.2) is 0 Å². The van der Waals surface area contributed by atoms with Crippen LogP contribution in [0.15, 0.2) is 0 Å². The van der Waals surface area contributed by atoms with Crippen LogP contribution in [0.2, 0.25) is 0 Å². The highest BCUT2D eigenvalue weighted by atomic mass is 16.3. The van der Waals surface area contributed by atoms with Crippen molar-refractivity contribution in [1.29, 1.82) is 0 Å². The maximum absolute atomic E-state index is 9.03. The van der Waals surface area contributed by atoms with E-state index in [9.17, 15) is 0 Å². The van der Waals surface area contributed by atoms with Gasteiger partial charge in [0.2, 0.25) is 0 Å². The zero-order chi connectivity index (χ0) is 11.8. The number of aliphatic hydroxyl groups is 1. The summed E-state index contributed by atoms with van der Waals surface area (Å²) in [5.41, 5.74) is 0. The van der Waals surface area contributed by atoms with Gasteiger partial charge in [-0.05, 0) is 38.3 Å². The first kappa shape index (κ1) is 13.9. The summed E-state index contributed by atoms with van der Waals surface area (Å²) in [6.45, 7) is 9.32. The molecule has 0 aromatic carbocycles. The zero-order valence-electron chi connectivity index (χ0n) is 10.9. The van der Waals surface area contributed by atoms with Gasteiger partial charge >= 0.3 is 0 Å². The number of hydrogen-bond donors (Lipinski definition) is 2. The minimum Gasteiger partial charge on any atom is -0.396 e. The fourth-order valence-corrected chi connectivity index (χ4v) is 2.66. The number of likely N-dealkylation sites (tertiary alicyclic amines) is 1. The first-order chi connectivity index (χ1) is 7.80. The number of nitrogens with one attached hydrogen (secondary N) is 1. The van der Waals surface area contributed by atoms with E-state index in [1.807, 2.05) is 0 Å². The van der Waals surface area contributed by atoms with Gasteiger partial charge in [0.1, 0.15) is 0 Å². The van der Waals surface area contributed by atoms with Crippen molar-refractivity contribution >= 4 is 0 Å². The Morgan fingerprint density at radius 3 is 2.88 bits per heavy atom. The summed E-state index contributed by atoms with van der Waals surface area (Å²) in [5, 5.41) is 12.5. The lowest BCUT2D eigenvalue weighted by Crippen LogP contribution is -2.45. The first-order valence-electron chi connectivity index (χ1n) is 6.86. The van der Waals surface area contributed by atoms with Gasteiger partial charge in [-0.1, -0.05) is 20.3 Å². The van der Waals surface area contributed by atoms with Gasteiger partial charge in [0.25, 0.3) is 0 Å². The van der Waals surface area contributed by atoms with E-state index >= 15 is 0 Å². The minimum absolute atomic E-state index is 0.294. The fourth-order valence-electron chi connectivity index (χ4n) is 2.66. The number of likely N-dealkylation sites (N-methyl/N-ethyl adjacent to an activating group) is 1. The van der Waals surface area contributed by atoms with Gasteiger partial charge in [0.15, 0.2) is 0 Å². The van der Waals surface area contributed by atoms with Crippen LogP contribution in [0.3, 0.4) is 0 Å². The normalized spacial score (nSPS) is 24.6. The van der Waals surface area contributed by atoms with Gasteiger partial charge in [-0.2, -0.15) is 0 Å². The molecule has 0 aromatic heterocycles. The quantitative estimate of drug-likeness (QED) is 0.692. The van der Waals surface area contributed by atoms with E-state index in [1.165, 1.54) is 32.4 Å². The smallest absolute Gasteiger partial charge is 0.0446 e. The lowest BCUT2D eigenvalue weighted by atomic mass is 9.95. The van der Waals surface area contributed by atoms with E-state index in [1.54, 1.807) is 0 Å². The van der Waals surface area contributed by atoms with Crippen LogP contribution < -0.4 is 5.32 Å². The Morgan fingerprint density at radius 1 is 1.44 bits per heavy atom. The molecule has 1 aliphatic rings. The molecule has 0 amide bonds. The van der Waals surface area contributed by atoms with Crippen LogP contribution in [-0.2, 0) is 0 Å². The number of nitrogens with zero attached hydrogens (tertiary/aromatic N) is 1. The predicted molar refractivity (Wildman–Crippen MR) is 68.6 cm³/mol. The van der Waals surface area contributed by atoms with Crippen molar-refractivity contribution in [3.63, 3.8) is 0 Å². The summed E-state index contributed by atoms with van der Waals surface area (Å²) in [4.78, 5) is 2.57. The molecule has 0 aromatic rings. The van der Waals surface area contributed by atoms with Crippen LogP contribution in [0, 0.1) is 5.92 Å². The maximum atomic E-state index is 9.03. The third-order valence-corrected chi connectivity index (χ3v) is 3.63. The molecule has 0 saturated carbocycles. The number of hydrogen-bond acceptors (Lipinski definition) is 3. The van der Waals surface area contributed by atoms with Crippen LogP contribution >= 0.6 is 0 Å². The van der Waals surface area contributed by atoms with Gasteiger partial charge in [0, 0.05) is 25.7 Å². The third kappa shape index (κ3) is 4.81. The third-order valence-electron chi connectivity index (χ3n) is 3.63. The Kier molecular flexibility index (Phi) is 7.01. The van der Waals surface area contributed by atoms with Crippen molar-refractivity contribution in [3.8, 4) is 0 Å². The number of piperidine rings is 1. The Hall–Kier alpha value is -0.120. The molecule has 0 aliphatic carbocycles. The van der Waals surface area contributed by atoms with Gasteiger partial charge < -0.3 is 15.3 Å². The molecule has 1 aliphatic heterocycles. The monoisotopic (exact) mass is 228 g/mol. The molecule has 1 heterocycles. The molecule has 3 nitrogen and oxygen atoms in total. The molecule has 16 heavy (non-hydrogen) atoms. The van der Waals surface area contributed by atoms with Crippen LogP contribution in [0.5, 0.6) is 0 Å². The van der Waals surface area contributed by atoms with Crippen molar-refractivity contribution in [1.82, 2.24) is 10.2 Å². The molecule has 0 radical (unpaired) electrons. The molecular formula is C13H28N2O. The molecular weight excluding hydrogens is 200 g/mol. The molecule has 0 spiro atoms. The van der Waals surface area contributed by atoms with Crippen LogP contribution in [0.4, 0.5) is 0 Å². The van der Waals surface area contributed by atoms with Gasteiger partial charge in [-0.3, -0.25) is 0 Å². The molecule has 1 saturated heterocycles. The second kappa shape index (κ2) is 8.04. The summed E-state index contributed by atoms with van der Waals surface area (Å²) in [6.07, 6.45) is 4.93. The van der Waals surface area contributed by atoms with E-state index in [0.717, 1.165) is 25.4 Å². The van der Waals surface area contributed by atoms with Crippen molar-refractivity contribution in [2.75, 3.05) is 32.8 Å². The van der Waals surface area contributed by atoms with Crippen molar-refractivity contribution in [2.45, 2.75) is 45.6 Å².